The van der Waals surface area contributed by atoms with Crippen LogP contribution >= 0.6 is 27.5 Å². The van der Waals surface area contributed by atoms with E-state index in [-0.39, 0.29) is 22.8 Å². The van der Waals surface area contributed by atoms with Gasteiger partial charge in [0.25, 0.3) is 11.6 Å². The van der Waals surface area contributed by atoms with Gasteiger partial charge in [-0.25, -0.2) is 0 Å². The van der Waals surface area contributed by atoms with Crippen LogP contribution in [-0.4, -0.2) is 20.6 Å². The van der Waals surface area contributed by atoms with Crippen molar-refractivity contribution >= 4 is 44.8 Å². The van der Waals surface area contributed by atoms with Gasteiger partial charge in [-0.05, 0) is 53.5 Å². The molecule has 0 aliphatic carbocycles. The van der Waals surface area contributed by atoms with Gasteiger partial charge in [-0.1, -0.05) is 11.6 Å². The third-order valence-electron chi connectivity index (χ3n) is 3.98. The number of ether oxygens (including phenoxy) is 1. The zero-order chi connectivity index (χ0) is 21.1. The molecule has 0 aliphatic heterocycles. The largest absolute Gasteiger partial charge is 0.457 e. The van der Waals surface area contributed by atoms with Crippen molar-refractivity contribution in [2.45, 2.75) is 20.4 Å². The summed E-state index contributed by atoms with van der Waals surface area (Å²) in [7, 11) is 0. The van der Waals surface area contributed by atoms with Crippen LogP contribution in [0.5, 0.6) is 11.5 Å². The minimum atomic E-state index is -0.557. The molecule has 0 fully saturated rings. The molecule has 29 heavy (non-hydrogen) atoms. The van der Waals surface area contributed by atoms with E-state index in [1.165, 1.54) is 18.2 Å². The first-order valence-electron chi connectivity index (χ1n) is 8.54. The standard InChI is InChI=1S/C19H16BrClN4O4/c1-3-24-10-16(20)18(23-24)19(26)22-13-7-14(25(27)28)9-15(8-13)29-17-5-4-12(21)6-11(17)2/h4-10H,3H2,1-2H3,(H,22,26). The smallest absolute Gasteiger partial charge is 0.277 e. The van der Waals surface area contributed by atoms with Crippen molar-refractivity contribution < 1.29 is 14.5 Å². The number of aromatic nitrogens is 2. The maximum Gasteiger partial charge on any atom is 0.277 e. The van der Waals surface area contributed by atoms with Crippen LogP contribution in [0, 0.1) is 17.0 Å². The van der Waals surface area contributed by atoms with Gasteiger partial charge in [0, 0.05) is 29.9 Å². The summed E-state index contributed by atoms with van der Waals surface area (Å²) in [6.07, 6.45) is 1.68. The van der Waals surface area contributed by atoms with Crippen molar-refractivity contribution in [1.29, 1.82) is 0 Å². The fourth-order valence-corrected chi connectivity index (χ4v) is 3.30. The molecule has 0 spiro atoms. The summed E-state index contributed by atoms with van der Waals surface area (Å²) in [5, 5.41) is 18.7. The Morgan fingerprint density at radius 2 is 2.10 bits per heavy atom. The van der Waals surface area contributed by atoms with Gasteiger partial charge in [-0.2, -0.15) is 5.10 Å². The molecule has 8 nitrogen and oxygen atoms in total. The number of carbonyl (C=O) groups excluding carboxylic acids is 1. The van der Waals surface area contributed by atoms with Crippen molar-refractivity contribution in [3.63, 3.8) is 0 Å². The normalized spacial score (nSPS) is 10.6. The van der Waals surface area contributed by atoms with Crippen LogP contribution in [-0.2, 0) is 6.54 Å². The lowest BCUT2D eigenvalue weighted by atomic mass is 10.2. The number of benzene rings is 2. The Morgan fingerprint density at radius 3 is 2.72 bits per heavy atom. The molecule has 0 aliphatic rings. The van der Waals surface area contributed by atoms with Gasteiger partial charge in [0.1, 0.15) is 11.5 Å². The monoisotopic (exact) mass is 478 g/mol. The molecule has 0 bridgehead atoms. The second-order valence-electron chi connectivity index (χ2n) is 6.12. The van der Waals surface area contributed by atoms with Crippen LogP contribution in [0.1, 0.15) is 23.0 Å². The number of anilines is 1. The molecule has 3 rings (SSSR count). The number of nitrogens with one attached hydrogen (secondary N) is 1. The van der Waals surface area contributed by atoms with Gasteiger partial charge in [0.15, 0.2) is 5.69 Å². The predicted molar refractivity (Wildman–Crippen MR) is 113 cm³/mol. The summed E-state index contributed by atoms with van der Waals surface area (Å²) < 4.78 is 7.91. The van der Waals surface area contributed by atoms with Gasteiger partial charge >= 0.3 is 0 Å². The molecule has 150 valence electrons. The minimum absolute atomic E-state index is 0.175. The van der Waals surface area contributed by atoms with E-state index < -0.39 is 10.8 Å². The SMILES string of the molecule is CCn1cc(Br)c(C(=O)Nc2cc(Oc3ccc(Cl)cc3C)cc([N+](=O)[O-])c2)n1. The topological polar surface area (TPSA) is 99.3 Å². The van der Waals surface area contributed by atoms with Crippen LogP contribution < -0.4 is 10.1 Å². The highest BCUT2D eigenvalue weighted by molar-refractivity contribution is 9.10. The van der Waals surface area contributed by atoms with Crippen molar-refractivity contribution in [2.24, 2.45) is 0 Å². The molecule has 1 amide bonds. The zero-order valence-electron chi connectivity index (χ0n) is 15.5. The van der Waals surface area contributed by atoms with Crippen molar-refractivity contribution in [3.05, 3.63) is 73.5 Å². The maximum absolute atomic E-state index is 12.6. The second kappa shape index (κ2) is 8.62. The van der Waals surface area contributed by atoms with Crippen LogP contribution in [0.25, 0.3) is 0 Å². The van der Waals surface area contributed by atoms with E-state index in [1.54, 1.807) is 29.1 Å². The predicted octanol–water partition coefficient (Wildman–Crippen LogP) is 5.58. The number of halogens is 2. The summed E-state index contributed by atoms with van der Waals surface area (Å²) in [4.78, 5) is 23.3. The molecule has 0 radical (unpaired) electrons. The number of nitro groups is 1. The van der Waals surface area contributed by atoms with E-state index in [9.17, 15) is 14.9 Å². The Morgan fingerprint density at radius 1 is 1.34 bits per heavy atom. The number of nitrogens with zero attached hydrogens (tertiary/aromatic N) is 3. The number of rotatable bonds is 6. The first-order chi connectivity index (χ1) is 13.8. The molecular weight excluding hydrogens is 464 g/mol. The molecule has 0 saturated heterocycles. The molecule has 3 aromatic rings. The number of hydrogen-bond donors (Lipinski definition) is 1. The molecule has 0 unspecified atom stereocenters. The first kappa shape index (κ1) is 20.8. The highest BCUT2D eigenvalue weighted by atomic mass is 79.9. The number of hydrogen-bond acceptors (Lipinski definition) is 5. The Balaban J connectivity index is 1.91. The highest BCUT2D eigenvalue weighted by Crippen LogP contribution is 2.32. The van der Waals surface area contributed by atoms with Crippen molar-refractivity contribution in [3.8, 4) is 11.5 Å². The quantitative estimate of drug-likeness (QED) is 0.367. The number of amides is 1. The molecule has 2 aromatic carbocycles. The average molecular weight is 480 g/mol. The van der Waals surface area contributed by atoms with E-state index in [0.717, 1.165) is 5.56 Å². The summed E-state index contributed by atoms with van der Waals surface area (Å²) in [6.45, 7) is 4.30. The van der Waals surface area contributed by atoms with Crippen molar-refractivity contribution in [1.82, 2.24) is 9.78 Å². The lowest BCUT2D eigenvalue weighted by Crippen LogP contribution is -2.14. The number of aryl methyl sites for hydroxylation is 2. The second-order valence-corrected chi connectivity index (χ2v) is 7.41. The highest BCUT2D eigenvalue weighted by Gasteiger charge is 2.18. The fourth-order valence-electron chi connectivity index (χ4n) is 2.58. The van der Waals surface area contributed by atoms with Gasteiger partial charge in [-0.3, -0.25) is 19.6 Å². The van der Waals surface area contributed by atoms with Gasteiger partial charge < -0.3 is 10.1 Å². The molecule has 1 heterocycles. The van der Waals surface area contributed by atoms with E-state index >= 15 is 0 Å². The van der Waals surface area contributed by atoms with Crippen LogP contribution in [0.4, 0.5) is 11.4 Å². The maximum atomic E-state index is 12.6. The van der Waals surface area contributed by atoms with Crippen LogP contribution in [0.15, 0.2) is 47.1 Å². The Hall–Kier alpha value is -2.91. The van der Waals surface area contributed by atoms with Crippen molar-refractivity contribution in [2.75, 3.05) is 5.32 Å². The Labute approximate surface area is 179 Å². The summed E-state index contributed by atoms with van der Waals surface area (Å²) in [6, 6.07) is 9.09. The van der Waals surface area contributed by atoms with Gasteiger partial charge in [-0.15, -0.1) is 0 Å². The Kier molecular flexibility index (Phi) is 6.19. The lowest BCUT2D eigenvalue weighted by Gasteiger charge is -2.11. The molecule has 0 saturated carbocycles. The number of carbonyl (C=O) groups is 1. The first-order valence-corrected chi connectivity index (χ1v) is 9.71. The fraction of sp³-hybridized carbons (Fsp3) is 0.158. The van der Waals surface area contributed by atoms with E-state index in [0.29, 0.717) is 21.8 Å². The molecule has 1 N–H and O–H groups in total. The van der Waals surface area contributed by atoms with E-state index in [1.807, 2.05) is 13.8 Å². The average Bonchev–Trinajstić information content (AvgIpc) is 3.05. The summed E-state index contributed by atoms with van der Waals surface area (Å²) in [5.41, 5.74) is 0.935. The van der Waals surface area contributed by atoms with E-state index in [2.05, 4.69) is 26.3 Å². The van der Waals surface area contributed by atoms with Crippen LogP contribution in [0.2, 0.25) is 5.02 Å². The number of nitro benzene ring substituents is 1. The van der Waals surface area contributed by atoms with Gasteiger partial charge in [0.2, 0.25) is 0 Å². The molecule has 10 heteroatoms. The Bertz CT molecular complexity index is 1100. The third-order valence-corrected chi connectivity index (χ3v) is 4.80. The van der Waals surface area contributed by atoms with E-state index in [4.69, 9.17) is 16.3 Å². The summed E-state index contributed by atoms with van der Waals surface area (Å²) >= 11 is 9.24. The third kappa shape index (κ3) is 4.93. The molecule has 1 aromatic heterocycles. The summed E-state index contributed by atoms with van der Waals surface area (Å²) in [5.74, 6) is 0.202. The van der Waals surface area contributed by atoms with Gasteiger partial charge in [0.05, 0.1) is 21.1 Å². The van der Waals surface area contributed by atoms with Crippen LogP contribution in [0.3, 0.4) is 0 Å². The lowest BCUT2D eigenvalue weighted by molar-refractivity contribution is -0.384. The molecular formula is C19H16BrClN4O4. The number of non-ortho nitro benzene ring substituents is 1. The zero-order valence-corrected chi connectivity index (χ0v) is 17.8. The minimum Gasteiger partial charge on any atom is -0.457 e. The molecule has 0 atom stereocenters.